The zero-order valence-corrected chi connectivity index (χ0v) is 22.0. The molecule has 37 heavy (non-hydrogen) atoms. The molecule has 6 nitrogen and oxygen atoms in total. The second kappa shape index (κ2) is 9.87. The van der Waals surface area contributed by atoms with Crippen molar-refractivity contribution in [3.8, 4) is 0 Å². The predicted octanol–water partition coefficient (Wildman–Crippen LogP) is 5.14. The molecule has 0 bridgehead atoms. The number of allylic oxidation sites excluding steroid dienone is 3. The first-order chi connectivity index (χ1) is 17.6. The summed E-state index contributed by atoms with van der Waals surface area (Å²) in [4.78, 5) is -0.108. The number of anilines is 1. The molecule has 3 aliphatic rings. The van der Waals surface area contributed by atoms with Crippen molar-refractivity contribution < 1.29 is 22.3 Å². The standard InChI is InChI=1S/C27H28ClF2N3O3S/c1-16(34)14-32(37(35,36)22-9-10-25(30)24(28)12-22)15-19-4-3-18-11-26-23(17(2)27(18)19)13-31-33(26)21-7-5-20(29)6-8-21/h5-13,16-17,19,31,34H,3-4,14-15H2,1-2H3/t16-,17-,19+/m0/s1. The van der Waals surface area contributed by atoms with Crippen LogP contribution in [0.15, 0.2) is 82.1 Å². The van der Waals surface area contributed by atoms with Crippen LogP contribution in [0.5, 0.6) is 0 Å². The van der Waals surface area contributed by atoms with Crippen molar-refractivity contribution in [2.45, 2.75) is 37.7 Å². The molecular formula is C27H28ClF2N3O3S. The highest BCUT2D eigenvalue weighted by Crippen LogP contribution is 2.48. The molecule has 0 fully saturated rings. The number of aliphatic hydroxyl groups excluding tert-OH is 1. The molecule has 1 heterocycles. The fourth-order valence-corrected chi connectivity index (χ4v) is 7.34. The minimum Gasteiger partial charge on any atom is -0.392 e. The topological polar surface area (TPSA) is 72.9 Å². The van der Waals surface area contributed by atoms with Gasteiger partial charge in [0.1, 0.15) is 11.6 Å². The van der Waals surface area contributed by atoms with Gasteiger partial charge in [-0.3, -0.25) is 5.01 Å². The van der Waals surface area contributed by atoms with E-state index in [1.165, 1.54) is 40.6 Å². The number of sulfonamides is 1. The van der Waals surface area contributed by atoms with Crippen molar-refractivity contribution in [1.82, 2.24) is 9.73 Å². The van der Waals surface area contributed by atoms with Crippen molar-refractivity contribution in [3.05, 3.63) is 93.8 Å². The monoisotopic (exact) mass is 547 g/mol. The first-order valence-electron chi connectivity index (χ1n) is 12.2. The molecule has 2 aliphatic carbocycles. The van der Waals surface area contributed by atoms with Gasteiger partial charge in [-0.05, 0) is 79.8 Å². The summed E-state index contributed by atoms with van der Waals surface area (Å²) in [5.41, 5.74) is 8.49. The highest BCUT2D eigenvalue weighted by atomic mass is 35.5. The Balaban J connectivity index is 1.45. The Kier molecular flexibility index (Phi) is 6.91. The van der Waals surface area contributed by atoms with E-state index in [4.69, 9.17) is 11.6 Å². The van der Waals surface area contributed by atoms with Gasteiger partial charge >= 0.3 is 0 Å². The number of aliphatic hydroxyl groups is 1. The molecule has 0 saturated carbocycles. The summed E-state index contributed by atoms with van der Waals surface area (Å²) >= 11 is 5.87. The number of halogens is 3. The van der Waals surface area contributed by atoms with E-state index in [9.17, 15) is 22.3 Å². The molecule has 10 heteroatoms. The van der Waals surface area contributed by atoms with E-state index in [-0.39, 0.29) is 40.7 Å². The minimum absolute atomic E-state index is 0.0387. The van der Waals surface area contributed by atoms with E-state index in [1.807, 2.05) is 11.2 Å². The third kappa shape index (κ3) is 4.81. The molecule has 0 unspecified atom stereocenters. The van der Waals surface area contributed by atoms with E-state index in [0.29, 0.717) is 0 Å². The number of hydrogen-bond donors (Lipinski definition) is 2. The van der Waals surface area contributed by atoms with Gasteiger partial charge in [0.2, 0.25) is 10.0 Å². The summed E-state index contributed by atoms with van der Waals surface area (Å²) in [5, 5.41) is 11.8. The van der Waals surface area contributed by atoms with Gasteiger partial charge in [0.25, 0.3) is 0 Å². The fraction of sp³-hybridized carbons (Fsp3) is 0.333. The van der Waals surface area contributed by atoms with E-state index >= 15 is 0 Å². The molecule has 2 aromatic rings. The lowest BCUT2D eigenvalue weighted by atomic mass is 9.80. The highest BCUT2D eigenvalue weighted by Gasteiger charge is 2.40. The number of nitrogens with zero attached hydrogens (tertiary/aromatic N) is 2. The van der Waals surface area contributed by atoms with Gasteiger partial charge in [0, 0.05) is 30.8 Å². The van der Waals surface area contributed by atoms with Crippen LogP contribution in [0.1, 0.15) is 26.7 Å². The third-order valence-corrected chi connectivity index (χ3v) is 9.33. The van der Waals surface area contributed by atoms with Crippen LogP contribution in [-0.2, 0) is 10.0 Å². The van der Waals surface area contributed by atoms with Gasteiger partial charge in [-0.1, -0.05) is 24.1 Å². The SMILES string of the molecule is C[C@H]1C2=CNN(c3ccc(F)cc3)C2=CC2=C1[C@@H](CN(C[C@H](C)O)S(=O)(=O)c1ccc(F)c(Cl)c1)CC2. The minimum atomic E-state index is -4.03. The second-order valence-corrected chi connectivity index (χ2v) is 12.1. The highest BCUT2D eigenvalue weighted by molar-refractivity contribution is 7.89. The number of hydrogen-bond acceptors (Lipinski definition) is 5. The number of rotatable bonds is 7. The average molecular weight is 548 g/mol. The first-order valence-corrected chi connectivity index (χ1v) is 14.0. The molecule has 0 spiro atoms. The molecule has 1 aliphatic heterocycles. The normalized spacial score (nSPS) is 22.0. The van der Waals surface area contributed by atoms with Crippen molar-refractivity contribution in [2.75, 3.05) is 18.1 Å². The summed E-state index contributed by atoms with van der Waals surface area (Å²) in [6.45, 7) is 3.75. The lowest BCUT2D eigenvalue weighted by molar-refractivity contribution is 0.158. The molecule has 0 radical (unpaired) electrons. The van der Waals surface area contributed by atoms with Crippen LogP contribution in [0.2, 0.25) is 5.02 Å². The van der Waals surface area contributed by atoms with E-state index < -0.39 is 21.9 Å². The smallest absolute Gasteiger partial charge is 0.243 e. The molecule has 0 amide bonds. The summed E-state index contributed by atoms with van der Waals surface area (Å²) in [7, 11) is -4.03. The average Bonchev–Trinajstić information content (AvgIpc) is 3.45. The van der Waals surface area contributed by atoms with Crippen molar-refractivity contribution in [2.24, 2.45) is 11.8 Å². The van der Waals surface area contributed by atoms with Gasteiger partial charge < -0.3 is 10.5 Å². The summed E-state index contributed by atoms with van der Waals surface area (Å²) in [6, 6.07) is 9.61. The Morgan fingerprint density at radius 2 is 1.95 bits per heavy atom. The molecule has 196 valence electrons. The molecule has 0 aromatic heterocycles. The number of fused-ring (bicyclic) bond motifs is 1. The predicted molar refractivity (Wildman–Crippen MR) is 139 cm³/mol. The second-order valence-electron chi connectivity index (χ2n) is 9.76. The zero-order chi connectivity index (χ0) is 26.5. The summed E-state index contributed by atoms with van der Waals surface area (Å²) in [5.74, 6) is -1.00. The van der Waals surface area contributed by atoms with Crippen molar-refractivity contribution in [3.63, 3.8) is 0 Å². The number of hydrazine groups is 1. The molecule has 2 aromatic carbocycles. The Hall–Kier alpha value is -2.72. The maximum atomic E-state index is 13.7. The lowest BCUT2D eigenvalue weighted by Gasteiger charge is -2.32. The molecule has 3 atom stereocenters. The van der Waals surface area contributed by atoms with Crippen LogP contribution in [0.25, 0.3) is 0 Å². The van der Waals surface area contributed by atoms with Crippen LogP contribution < -0.4 is 10.4 Å². The van der Waals surface area contributed by atoms with Crippen LogP contribution in [0.4, 0.5) is 14.5 Å². The third-order valence-electron chi connectivity index (χ3n) is 7.21. The molecule has 5 rings (SSSR count). The largest absolute Gasteiger partial charge is 0.392 e. The zero-order valence-electron chi connectivity index (χ0n) is 20.5. The maximum absolute atomic E-state index is 13.7. The number of nitrogens with one attached hydrogen (secondary N) is 1. The van der Waals surface area contributed by atoms with Crippen LogP contribution in [0, 0.1) is 23.5 Å². The van der Waals surface area contributed by atoms with E-state index in [1.54, 1.807) is 12.1 Å². The summed E-state index contributed by atoms with van der Waals surface area (Å²) in [6.07, 6.45) is 4.73. The van der Waals surface area contributed by atoms with Crippen LogP contribution >= 0.6 is 11.6 Å². The number of benzene rings is 2. The van der Waals surface area contributed by atoms with Crippen LogP contribution in [-0.4, -0.2) is 37.0 Å². The van der Waals surface area contributed by atoms with E-state index in [0.717, 1.165) is 41.9 Å². The van der Waals surface area contributed by atoms with Gasteiger partial charge in [-0.15, -0.1) is 0 Å². The lowest BCUT2D eigenvalue weighted by Crippen LogP contribution is -2.40. The van der Waals surface area contributed by atoms with Gasteiger partial charge in [-0.25, -0.2) is 17.2 Å². The Labute approximate surface area is 220 Å². The van der Waals surface area contributed by atoms with Crippen molar-refractivity contribution >= 4 is 27.3 Å². The van der Waals surface area contributed by atoms with E-state index in [2.05, 4.69) is 18.4 Å². The van der Waals surface area contributed by atoms with Gasteiger partial charge in [-0.2, -0.15) is 4.31 Å². The quantitative estimate of drug-likeness (QED) is 0.502. The van der Waals surface area contributed by atoms with Gasteiger partial charge in [0.15, 0.2) is 0 Å². The Bertz CT molecular complexity index is 1420. The Morgan fingerprint density at radius 1 is 1.22 bits per heavy atom. The molecule has 0 saturated heterocycles. The van der Waals surface area contributed by atoms with Gasteiger partial charge in [0.05, 0.1) is 27.4 Å². The first kappa shape index (κ1) is 25.9. The molecular weight excluding hydrogens is 520 g/mol. The molecule has 2 N–H and O–H groups in total. The van der Waals surface area contributed by atoms with Crippen molar-refractivity contribution in [1.29, 1.82) is 0 Å². The summed E-state index contributed by atoms with van der Waals surface area (Å²) < 4.78 is 55.4. The Morgan fingerprint density at radius 3 is 2.62 bits per heavy atom. The fourth-order valence-electron chi connectivity index (χ4n) is 5.50. The maximum Gasteiger partial charge on any atom is 0.243 e. The van der Waals surface area contributed by atoms with Crippen LogP contribution in [0.3, 0.4) is 0 Å².